The van der Waals surface area contributed by atoms with Crippen LogP contribution in [0.4, 0.5) is 5.13 Å². The Balaban J connectivity index is 2.29. The fourth-order valence-corrected chi connectivity index (χ4v) is 6.38. The number of hydrazine groups is 1. The first-order chi connectivity index (χ1) is 20.3. The highest BCUT2D eigenvalue weighted by Crippen LogP contribution is 2.40. The summed E-state index contributed by atoms with van der Waals surface area (Å²) in [6.45, 7) is 19.4. The Bertz CT molecular complexity index is 1380. The van der Waals surface area contributed by atoms with Crippen molar-refractivity contribution < 1.29 is 14.4 Å². The van der Waals surface area contributed by atoms with Crippen molar-refractivity contribution in [3.63, 3.8) is 0 Å². The molecule has 2 heterocycles. The summed E-state index contributed by atoms with van der Waals surface area (Å²) in [6, 6.07) is 6.42. The van der Waals surface area contributed by atoms with Gasteiger partial charge >= 0.3 is 0 Å². The molecule has 0 unspecified atom stereocenters. The Kier molecular flexibility index (Phi) is 11.5. The summed E-state index contributed by atoms with van der Waals surface area (Å²) in [6.07, 6.45) is 7.96. The Morgan fingerprint density at radius 2 is 1.49 bits per heavy atom. The summed E-state index contributed by atoms with van der Waals surface area (Å²) in [5.41, 5.74) is 5.15. The number of hydrogen-bond donors (Lipinski definition) is 0. The van der Waals surface area contributed by atoms with Crippen LogP contribution in [0.2, 0.25) is 0 Å². The molecule has 1 aliphatic rings. The zero-order valence-corrected chi connectivity index (χ0v) is 28.7. The van der Waals surface area contributed by atoms with E-state index in [1.807, 2.05) is 13.0 Å². The number of imide groups is 1. The predicted octanol–water partition coefficient (Wildman–Crippen LogP) is 7.85. The van der Waals surface area contributed by atoms with E-state index in [1.54, 1.807) is 39.0 Å². The van der Waals surface area contributed by atoms with Gasteiger partial charge in [0.25, 0.3) is 11.8 Å². The van der Waals surface area contributed by atoms with Crippen LogP contribution in [0.5, 0.6) is 0 Å². The lowest BCUT2D eigenvalue weighted by Crippen LogP contribution is -2.56. The van der Waals surface area contributed by atoms with Gasteiger partial charge in [0.05, 0.1) is 10.6 Å². The zero-order chi connectivity index (χ0) is 32.1. The minimum Gasteiger partial charge on any atom is -0.348 e. The summed E-state index contributed by atoms with van der Waals surface area (Å²) in [5.74, 6) is -1.28. The molecule has 1 aromatic carbocycles. The summed E-state index contributed by atoms with van der Waals surface area (Å²) in [7, 11) is 1.50. The van der Waals surface area contributed by atoms with Gasteiger partial charge in [-0.2, -0.15) is 5.01 Å². The van der Waals surface area contributed by atoms with Crippen LogP contribution in [-0.2, 0) is 27.2 Å². The van der Waals surface area contributed by atoms with Crippen LogP contribution in [-0.4, -0.2) is 52.9 Å². The second-order valence-corrected chi connectivity index (χ2v) is 13.4. The number of unbranched alkanes of at least 4 members (excludes halogenated alkanes) is 2. The monoisotopic (exact) mass is 606 g/mol. The first-order valence-corrected chi connectivity index (χ1v) is 16.6. The molecule has 2 aromatic rings. The van der Waals surface area contributed by atoms with Crippen molar-refractivity contribution in [3.8, 4) is 11.3 Å². The van der Waals surface area contributed by atoms with Crippen LogP contribution in [0.1, 0.15) is 104 Å². The smallest absolute Gasteiger partial charge is 0.280 e. The maximum Gasteiger partial charge on any atom is 0.280 e. The molecule has 234 valence electrons. The zero-order valence-electron chi connectivity index (χ0n) is 27.9. The quantitative estimate of drug-likeness (QED) is 0.182. The van der Waals surface area contributed by atoms with Crippen molar-refractivity contribution in [2.45, 2.75) is 101 Å². The fraction of sp³-hybridized carbons (Fsp3) is 0.543. The molecule has 3 rings (SSSR count). The van der Waals surface area contributed by atoms with Gasteiger partial charge in [-0.15, -0.1) is 0 Å². The Morgan fingerprint density at radius 1 is 0.930 bits per heavy atom. The van der Waals surface area contributed by atoms with Crippen LogP contribution in [0, 0.1) is 5.41 Å². The molecule has 43 heavy (non-hydrogen) atoms. The van der Waals surface area contributed by atoms with E-state index in [9.17, 15) is 14.4 Å². The molecular weight excluding hydrogens is 556 g/mol. The number of carbonyl (C=O) groups excluding carboxylic acids is 3. The van der Waals surface area contributed by atoms with Crippen LogP contribution in [0.25, 0.3) is 17.3 Å². The maximum atomic E-state index is 14.1. The topological polar surface area (TPSA) is 73.8 Å². The summed E-state index contributed by atoms with van der Waals surface area (Å²) >= 11 is 1.60. The van der Waals surface area contributed by atoms with Gasteiger partial charge in [0.2, 0.25) is 5.91 Å². The van der Waals surface area contributed by atoms with Crippen molar-refractivity contribution in [3.05, 3.63) is 50.9 Å². The number of aryl methyl sites for hydroxylation is 2. The van der Waals surface area contributed by atoms with E-state index in [0.717, 1.165) is 77.9 Å². The number of anilines is 1. The number of thiazole rings is 1. The molecular formula is C35H50N4O3S. The summed E-state index contributed by atoms with van der Waals surface area (Å²) < 4.78 is 0. The lowest BCUT2D eigenvalue weighted by Gasteiger charge is -2.37. The van der Waals surface area contributed by atoms with Crippen LogP contribution >= 0.6 is 11.3 Å². The molecule has 0 saturated carbocycles. The van der Waals surface area contributed by atoms with Crippen LogP contribution in [0.15, 0.2) is 34.9 Å². The average molecular weight is 607 g/mol. The molecule has 7 nitrogen and oxygen atoms in total. The highest BCUT2D eigenvalue weighted by atomic mass is 32.1. The SMILES string of the molecule is CCCCN(CCCC)c1nc(-c2c(CC)cccc2CC)c(/C=C2\C(=O)N(N(C)C(=O)C(C)(C)C)C(=O)C(C)=C2C)s1. The molecule has 0 aliphatic carbocycles. The van der Waals surface area contributed by atoms with E-state index in [1.165, 1.54) is 23.2 Å². The largest absolute Gasteiger partial charge is 0.348 e. The molecule has 3 amide bonds. The molecule has 0 saturated heterocycles. The molecule has 0 radical (unpaired) electrons. The molecule has 8 heteroatoms. The Morgan fingerprint density at radius 3 is 1.98 bits per heavy atom. The van der Waals surface area contributed by atoms with E-state index < -0.39 is 17.2 Å². The lowest BCUT2D eigenvalue weighted by molar-refractivity contribution is -0.171. The van der Waals surface area contributed by atoms with E-state index in [2.05, 4.69) is 50.8 Å². The number of nitrogens with zero attached hydrogens (tertiary/aromatic N) is 4. The predicted molar refractivity (Wildman–Crippen MR) is 179 cm³/mol. The summed E-state index contributed by atoms with van der Waals surface area (Å²) in [4.78, 5) is 49.2. The molecule has 1 aliphatic heterocycles. The average Bonchev–Trinajstić information content (AvgIpc) is 3.39. The molecule has 1 aromatic heterocycles. The number of aromatic nitrogens is 1. The number of rotatable bonds is 12. The third-order valence-electron chi connectivity index (χ3n) is 8.12. The van der Waals surface area contributed by atoms with Crippen molar-refractivity contribution in [2.75, 3.05) is 25.0 Å². The highest BCUT2D eigenvalue weighted by Gasteiger charge is 2.40. The van der Waals surface area contributed by atoms with E-state index in [0.29, 0.717) is 16.7 Å². The highest BCUT2D eigenvalue weighted by molar-refractivity contribution is 7.17. The number of amides is 3. The van der Waals surface area contributed by atoms with Crippen molar-refractivity contribution in [1.82, 2.24) is 15.0 Å². The van der Waals surface area contributed by atoms with Gasteiger partial charge in [0.15, 0.2) is 5.13 Å². The third-order valence-corrected chi connectivity index (χ3v) is 9.19. The number of carbonyl (C=O) groups is 3. The second kappa shape index (κ2) is 14.5. The van der Waals surface area contributed by atoms with E-state index in [4.69, 9.17) is 4.98 Å². The molecule has 0 spiro atoms. The minimum absolute atomic E-state index is 0.311. The van der Waals surface area contributed by atoms with Crippen molar-refractivity contribution >= 4 is 40.3 Å². The normalized spacial score (nSPS) is 15.1. The summed E-state index contributed by atoms with van der Waals surface area (Å²) in [5, 5.41) is 3.12. The van der Waals surface area contributed by atoms with Crippen LogP contribution < -0.4 is 4.90 Å². The maximum absolute atomic E-state index is 14.1. The Labute approximate surface area is 262 Å². The molecule has 0 fully saturated rings. The van der Waals surface area contributed by atoms with Gasteiger partial charge in [-0.05, 0) is 62.3 Å². The standard InChI is InChI=1S/C35H50N4O3S/c1-11-15-20-38(21-16-12-2)34-36-30(29-25(13-3)18-17-19-26(29)14-4)28(43-34)22-27-23(5)24(6)31(40)39(32(27)41)37(10)33(42)35(7,8)9/h17-19,22H,11-16,20-21H2,1-10H3/b27-22-. The minimum atomic E-state index is -0.760. The fourth-order valence-electron chi connectivity index (χ4n) is 5.32. The van der Waals surface area contributed by atoms with Gasteiger partial charge in [-0.1, -0.05) is 90.8 Å². The lowest BCUT2D eigenvalue weighted by atomic mass is 9.92. The van der Waals surface area contributed by atoms with Gasteiger partial charge in [-0.3, -0.25) is 14.4 Å². The second-order valence-electron chi connectivity index (χ2n) is 12.4. The van der Waals surface area contributed by atoms with Crippen molar-refractivity contribution in [1.29, 1.82) is 0 Å². The first kappa shape index (κ1) is 34.2. The first-order valence-electron chi connectivity index (χ1n) is 15.7. The van der Waals surface area contributed by atoms with E-state index in [-0.39, 0.29) is 5.91 Å². The van der Waals surface area contributed by atoms with Gasteiger partial charge in [0.1, 0.15) is 0 Å². The van der Waals surface area contributed by atoms with E-state index >= 15 is 0 Å². The molecule has 0 N–H and O–H groups in total. The number of hydrogen-bond acceptors (Lipinski definition) is 6. The van der Waals surface area contributed by atoms with Crippen molar-refractivity contribution in [2.24, 2.45) is 5.41 Å². The molecule has 0 atom stereocenters. The van der Waals surface area contributed by atoms with Gasteiger partial charge in [-0.25, -0.2) is 9.99 Å². The molecule has 0 bridgehead atoms. The van der Waals surface area contributed by atoms with Crippen LogP contribution in [0.3, 0.4) is 0 Å². The Hall–Kier alpha value is -3.26. The van der Waals surface area contributed by atoms with Gasteiger partial charge in [0, 0.05) is 42.3 Å². The number of benzene rings is 1. The van der Waals surface area contributed by atoms with Gasteiger partial charge < -0.3 is 4.90 Å². The third kappa shape index (κ3) is 7.28.